The van der Waals surface area contributed by atoms with Gasteiger partial charge in [-0.3, -0.25) is 9.69 Å². The summed E-state index contributed by atoms with van der Waals surface area (Å²) in [5.74, 6) is -1.28. The molecule has 2 saturated heterocycles. The number of hydrogen-bond donors (Lipinski definition) is 0. The summed E-state index contributed by atoms with van der Waals surface area (Å²) in [7, 11) is 0. The molecule has 5 nitrogen and oxygen atoms in total. The number of allylic oxidation sites excluding steroid dienone is 1. The molecule has 0 aromatic carbocycles. The van der Waals surface area contributed by atoms with Gasteiger partial charge in [-0.2, -0.15) is 0 Å². The molecule has 7 heteroatoms. The van der Waals surface area contributed by atoms with Gasteiger partial charge in [-0.1, -0.05) is 12.2 Å². The third kappa shape index (κ3) is 2.01. The molecule has 0 aromatic heterocycles. The fraction of sp³-hybridized carbons (Fsp3) is 0.444. The van der Waals surface area contributed by atoms with Crippen LogP contribution < -0.4 is 24.0 Å². The molecule has 16 heavy (non-hydrogen) atoms. The predicted octanol–water partition coefficient (Wildman–Crippen LogP) is -4.03. The zero-order chi connectivity index (χ0) is 11.0. The summed E-state index contributed by atoms with van der Waals surface area (Å²) < 4.78 is 5.29. The Balaban J connectivity index is 0.00000128. The van der Waals surface area contributed by atoms with Crippen molar-refractivity contribution in [3.63, 3.8) is 0 Å². The third-order valence-corrected chi connectivity index (χ3v) is 2.60. The second-order valence-electron chi connectivity index (χ2n) is 3.31. The van der Waals surface area contributed by atoms with E-state index >= 15 is 0 Å². The van der Waals surface area contributed by atoms with Gasteiger partial charge in [-0.05, 0) is 17.9 Å². The van der Waals surface area contributed by atoms with Crippen molar-refractivity contribution in [2.75, 3.05) is 0 Å². The molecule has 2 atom stereocenters. The van der Waals surface area contributed by atoms with Crippen molar-refractivity contribution in [3.8, 4) is 0 Å². The Labute approximate surface area is 110 Å². The van der Waals surface area contributed by atoms with E-state index in [1.807, 2.05) is 0 Å². The van der Waals surface area contributed by atoms with Crippen LogP contribution in [0.5, 0.6) is 0 Å². The van der Waals surface area contributed by atoms with E-state index in [1.165, 1.54) is 10.3 Å². The third-order valence-electron chi connectivity index (χ3n) is 2.41. The maximum absolute atomic E-state index is 11.1. The van der Waals surface area contributed by atoms with Gasteiger partial charge in [0.1, 0.15) is 11.8 Å². The molecule has 80 valence electrons. The molecular weight excluding hydrogens is 225 g/mol. The van der Waals surface area contributed by atoms with Crippen molar-refractivity contribution in [3.05, 3.63) is 11.8 Å². The number of aliphatic carboxylic acids is 1. The normalized spacial score (nSPS) is 28.9. The number of fused-ring (bicyclic) bond motifs is 1. The van der Waals surface area contributed by atoms with Gasteiger partial charge < -0.3 is 14.6 Å². The monoisotopic (exact) mass is 233 g/mol. The van der Waals surface area contributed by atoms with Gasteiger partial charge >= 0.3 is 18.9 Å². The summed E-state index contributed by atoms with van der Waals surface area (Å²) in [5.41, 5.74) is 0. The standard InChI is InChI=1S/C9H9NO4S.Li/c11-6-4-7-10(6)8(9(12)13)5(14-7)2-1-3-15;/h2-3,7-8H,1,4H2,(H,12,13);/q;+1/p-1. The van der Waals surface area contributed by atoms with Crippen molar-refractivity contribution in [1.82, 2.24) is 4.90 Å². The van der Waals surface area contributed by atoms with Crippen molar-refractivity contribution < 1.29 is 38.3 Å². The van der Waals surface area contributed by atoms with Crippen LogP contribution in [0.1, 0.15) is 12.8 Å². The van der Waals surface area contributed by atoms with Crippen LogP contribution in [0.15, 0.2) is 11.8 Å². The molecule has 2 aliphatic rings. The first kappa shape index (κ1) is 13.2. The molecule has 0 aliphatic carbocycles. The smallest absolute Gasteiger partial charge is 0.547 e. The van der Waals surface area contributed by atoms with Crippen LogP contribution in [0.3, 0.4) is 0 Å². The summed E-state index contributed by atoms with van der Waals surface area (Å²) in [4.78, 5) is 23.2. The number of hydrogen-bond acceptors (Lipinski definition) is 5. The van der Waals surface area contributed by atoms with Crippen molar-refractivity contribution in [2.24, 2.45) is 0 Å². The number of β-lactam (4-membered cyclic amide) rings is 1. The minimum absolute atomic E-state index is 0. The first-order chi connectivity index (χ1) is 7.15. The number of thiocarbonyl (C=S) groups is 1. The first-order valence-electron chi connectivity index (χ1n) is 4.47. The van der Waals surface area contributed by atoms with Gasteiger partial charge in [0, 0.05) is 0 Å². The van der Waals surface area contributed by atoms with E-state index in [0.717, 1.165) is 0 Å². The molecule has 1 amide bonds. The van der Waals surface area contributed by atoms with Crippen LogP contribution in [0.2, 0.25) is 0 Å². The average Bonchev–Trinajstić information content (AvgIpc) is 2.47. The zero-order valence-electron chi connectivity index (χ0n) is 8.71. The van der Waals surface area contributed by atoms with Gasteiger partial charge in [-0.15, -0.1) is 0 Å². The Hall–Kier alpha value is -0.833. The van der Waals surface area contributed by atoms with E-state index in [0.29, 0.717) is 6.42 Å². The second-order valence-corrected chi connectivity index (χ2v) is 3.64. The molecule has 0 aromatic rings. The second kappa shape index (κ2) is 5.00. The van der Waals surface area contributed by atoms with E-state index in [1.54, 1.807) is 6.08 Å². The van der Waals surface area contributed by atoms with Gasteiger partial charge in [0.05, 0.1) is 12.4 Å². The van der Waals surface area contributed by atoms with Crippen molar-refractivity contribution in [1.29, 1.82) is 0 Å². The van der Waals surface area contributed by atoms with E-state index < -0.39 is 18.2 Å². The fourth-order valence-corrected chi connectivity index (χ4v) is 1.82. The van der Waals surface area contributed by atoms with Crippen molar-refractivity contribution in [2.45, 2.75) is 25.1 Å². The predicted molar refractivity (Wildman–Crippen MR) is 51.5 cm³/mol. The summed E-state index contributed by atoms with van der Waals surface area (Å²) in [5, 5.41) is 12.3. The minimum atomic E-state index is -1.32. The number of carboxylic acid groups (broad SMARTS) is 1. The largest absolute Gasteiger partial charge is 1.00 e. The maximum atomic E-state index is 11.1. The molecular formula is C9H8LiNO4S. The van der Waals surface area contributed by atoms with Crippen molar-refractivity contribution >= 4 is 29.5 Å². The quantitative estimate of drug-likeness (QED) is 0.282. The van der Waals surface area contributed by atoms with Crippen LogP contribution in [0.4, 0.5) is 0 Å². The maximum Gasteiger partial charge on any atom is 1.00 e. The van der Waals surface area contributed by atoms with Crippen LogP contribution in [-0.4, -0.2) is 34.4 Å². The van der Waals surface area contributed by atoms with Crippen LogP contribution in [-0.2, 0) is 14.3 Å². The van der Waals surface area contributed by atoms with E-state index in [4.69, 9.17) is 4.74 Å². The van der Waals surface area contributed by atoms with Gasteiger partial charge in [0.2, 0.25) is 5.91 Å². The Morgan fingerprint density at radius 2 is 2.38 bits per heavy atom. The SMILES string of the molecule is O=C([O-])C1C(=CCC=S)OC2CC(=O)N21.[Li+]. The number of ether oxygens (including phenoxy) is 1. The first-order valence-corrected chi connectivity index (χ1v) is 4.94. The molecule has 0 radical (unpaired) electrons. The Kier molecular flexibility index (Phi) is 4.13. The van der Waals surface area contributed by atoms with E-state index in [-0.39, 0.29) is 36.9 Å². The molecule has 0 spiro atoms. The van der Waals surface area contributed by atoms with Gasteiger partial charge in [0.15, 0.2) is 6.23 Å². The number of carbonyl (C=O) groups excluding carboxylic acids is 2. The topological polar surface area (TPSA) is 69.7 Å². The number of carboxylic acids is 1. The molecule has 2 heterocycles. The molecule has 2 fully saturated rings. The van der Waals surface area contributed by atoms with Crippen LogP contribution >= 0.6 is 12.2 Å². The minimum Gasteiger partial charge on any atom is -0.547 e. The summed E-state index contributed by atoms with van der Waals surface area (Å²) >= 11 is 4.62. The van der Waals surface area contributed by atoms with E-state index in [2.05, 4.69) is 12.2 Å². The number of amides is 1. The molecule has 2 unspecified atom stereocenters. The molecule has 2 aliphatic heterocycles. The van der Waals surface area contributed by atoms with E-state index in [9.17, 15) is 14.7 Å². The molecule has 0 N–H and O–H groups in total. The van der Waals surface area contributed by atoms with Gasteiger partial charge in [0.25, 0.3) is 0 Å². The molecule has 0 saturated carbocycles. The molecule has 2 rings (SSSR count). The van der Waals surface area contributed by atoms with Crippen LogP contribution in [0.25, 0.3) is 0 Å². The van der Waals surface area contributed by atoms with Crippen LogP contribution in [0, 0.1) is 0 Å². The Morgan fingerprint density at radius 1 is 1.69 bits per heavy atom. The molecule has 0 bridgehead atoms. The zero-order valence-corrected chi connectivity index (χ0v) is 9.53. The average molecular weight is 233 g/mol. The number of nitrogens with zero attached hydrogens (tertiary/aromatic N) is 1. The Morgan fingerprint density at radius 3 is 2.88 bits per heavy atom. The Bertz CT molecular complexity index is 371. The summed E-state index contributed by atoms with van der Waals surface area (Å²) in [6.45, 7) is 0. The van der Waals surface area contributed by atoms with Gasteiger partial charge in [-0.25, -0.2) is 0 Å². The number of carbonyl (C=O) groups is 2. The summed E-state index contributed by atoms with van der Waals surface area (Å²) in [6.07, 6.45) is 1.80. The number of rotatable bonds is 3. The summed E-state index contributed by atoms with van der Waals surface area (Å²) in [6, 6.07) is -1.08. The fourth-order valence-electron chi connectivity index (χ4n) is 1.72.